The Morgan fingerprint density at radius 2 is 1.95 bits per heavy atom. The fourth-order valence-corrected chi connectivity index (χ4v) is 4.23. The summed E-state index contributed by atoms with van der Waals surface area (Å²) >= 11 is 6.58. The fraction of sp³-hybridized carbons (Fsp3) is 0.250. The van der Waals surface area contributed by atoms with E-state index < -0.39 is 0 Å². The number of hydrogen-bond acceptors (Lipinski definition) is 7. The summed E-state index contributed by atoms with van der Waals surface area (Å²) < 4.78 is 6.99. The second-order valence-electron chi connectivity index (χ2n) is 9.12. The van der Waals surface area contributed by atoms with Crippen molar-refractivity contribution < 1.29 is 9.53 Å². The first-order chi connectivity index (χ1) is 18.0. The first-order valence-corrected chi connectivity index (χ1v) is 12.6. The van der Waals surface area contributed by atoms with E-state index in [2.05, 4.69) is 26.7 Å². The van der Waals surface area contributed by atoms with E-state index in [1.54, 1.807) is 6.20 Å². The average Bonchev–Trinajstić information content (AvgIpc) is 3.30. The first-order valence-electron chi connectivity index (χ1n) is 12.2. The predicted octanol–water partition coefficient (Wildman–Crippen LogP) is 5.03. The van der Waals surface area contributed by atoms with Crippen LogP contribution in [0.3, 0.4) is 0 Å². The van der Waals surface area contributed by atoms with E-state index in [1.165, 1.54) is 0 Å². The van der Waals surface area contributed by atoms with Crippen LogP contribution >= 0.6 is 11.6 Å². The number of hydrogen-bond donors (Lipinski definition) is 1. The van der Waals surface area contributed by atoms with Crippen LogP contribution in [0.4, 0.5) is 0 Å². The van der Waals surface area contributed by atoms with Crippen molar-refractivity contribution in [3.05, 3.63) is 83.0 Å². The molecule has 0 saturated carbocycles. The van der Waals surface area contributed by atoms with Crippen molar-refractivity contribution in [1.29, 1.82) is 0 Å². The lowest BCUT2D eigenvalue weighted by Crippen LogP contribution is -2.22. The maximum absolute atomic E-state index is 11.5. The van der Waals surface area contributed by atoms with Gasteiger partial charge in [0, 0.05) is 35.3 Å². The van der Waals surface area contributed by atoms with Crippen molar-refractivity contribution in [2.45, 2.75) is 26.9 Å². The molecule has 0 bridgehead atoms. The minimum Gasteiger partial charge on any atom is -0.464 e. The minimum absolute atomic E-state index is 0.125. The number of fused-ring (bicyclic) bond motifs is 2. The molecule has 0 saturated heterocycles. The molecule has 0 spiro atoms. The molecule has 188 valence electrons. The monoisotopic (exact) mass is 514 g/mol. The molecule has 3 aromatic heterocycles. The second-order valence-corrected chi connectivity index (χ2v) is 9.53. The number of ether oxygens (including phenoxy) is 1. The molecule has 3 heterocycles. The van der Waals surface area contributed by atoms with E-state index >= 15 is 0 Å². The van der Waals surface area contributed by atoms with Gasteiger partial charge in [0.2, 0.25) is 0 Å². The van der Waals surface area contributed by atoms with Crippen molar-refractivity contribution >= 4 is 39.6 Å². The van der Waals surface area contributed by atoms with Crippen molar-refractivity contribution in [2.24, 2.45) is 5.92 Å². The smallest absolute Gasteiger partial charge is 0.308 e. The van der Waals surface area contributed by atoms with Crippen molar-refractivity contribution in [2.75, 3.05) is 13.2 Å². The second kappa shape index (κ2) is 11.0. The average molecular weight is 515 g/mol. The first kappa shape index (κ1) is 24.8. The molecule has 0 aliphatic rings. The number of nitrogens with one attached hydrogen (secondary N) is 1. The maximum Gasteiger partial charge on any atom is 0.308 e. The van der Waals surface area contributed by atoms with Crippen LogP contribution in [0.15, 0.2) is 66.9 Å². The van der Waals surface area contributed by atoms with Crippen LogP contribution in [0, 0.1) is 5.92 Å². The molecule has 0 radical (unpaired) electrons. The fourth-order valence-electron chi connectivity index (χ4n) is 3.98. The molecular weight excluding hydrogens is 488 g/mol. The molecule has 8 nitrogen and oxygen atoms in total. The zero-order chi connectivity index (χ0) is 25.8. The Labute approximate surface area is 219 Å². The lowest BCUT2D eigenvalue weighted by Gasteiger charge is -2.10. The number of esters is 1. The Bertz CT molecular complexity index is 1570. The molecule has 0 aliphatic carbocycles. The van der Waals surface area contributed by atoms with Crippen LogP contribution in [-0.4, -0.2) is 44.1 Å². The van der Waals surface area contributed by atoms with E-state index in [0.717, 1.165) is 38.8 Å². The summed E-state index contributed by atoms with van der Waals surface area (Å²) in [6.45, 7) is 5.64. The quantitative estimate of drug-likeness (QED) is 0.218. The SMILES string of the molecule is CC(C)C(=O)OCCNCc1ccc(-c2ccc3nnn(Cc4ccc5ncccc5c4)c3n2)cc1Cl. The van der Waals surface area contributed by atoms with Gasteiger partial charge in [0.05, 0.1) is 23.7 Å². The van der Waals surface area contributed by atoms with Crippen molar-refractivity contribution in [3.63, 3.8) is 0 Å². The van der Waals surface area contributed by atoms with Gasteiger partial charge in [0.1, 0.15) is 12.1 Å². The van der Waals surface area contributed by atoms with Gasteiger partial charge in [0.15, 0.2) is 5.65 Å². The Hall–Kier alpha value is -3.88. The van der Waals surface area contributed by atoms with Gasteiger partial charge in [0.25, 0.3) is 0 Å². The number of aromatic nitrogens is 5. The summed E-state index contributed by atoms with van der Waals surface area (Å²) in [6.07, 6.45) is 1.79. The Morgan fingerprint density at radius 1 is 1.08 bits per heavy atom. The van der Waals surface area contributed by atoms with Gasteiger partial charge in [-0.25, -0.2) is 9.67 Å². The molecule has 0 unspecified atom stereocenters. The third kappa shape index (κ3) is 5.76. The van der Waals surface area contributed by atoms with Gasteiger partial charge < -0.3 is 10.1 Å². The van der Waals surface area contributed by atoms with Gasteiger partial charge in [-0.2, -0.15) is 0 Å². The van der Waals surface area contributed by atoms with E-state index in [1.807, 2.05) is 73.1 Å². The minimum atomic E-state index is -0.195. The van der Waals surface area contributed by atoms with Gasteiger partial charge in [-0.15, -0.1) is 5.10 Å². The molecule has 37 heavy (non-hydrogen) atoms. The predicted molar refractivity (Wildman–Crippen MR) is 144 cm³/mol. The van der Waals surface area contributed by atoms with Crippen LogP contribution in [0.5, 0.6) is 0 Å². The van der Waals surface area contributed by atoms with Gasteiger partial charge in [-0.3, -0.25) is 9.78 Å². The van der Waals surface area contributed by atoms with Crippen molar-refractivity contribution in [1.82, 2.24) is 30.3 Å². The third-order valence-electron chi connectivity index (χ3n) is 6.02. The Morgan fingerprint density at radius 3 is 2.78 bits per heavy atom. The zero-order valence-electron chi connectivity index (χ0n) is 20.7. The highest BCUT2D eigenvalue weighted by molar-refractivity contribution is 6.31. The molecule has 0 atom stereocenters. The molecule has 5 rings (SSSR count). The number of carbonyl (C=O) groups is 1. The molecule has 0 amide bonds. The number of pyridine rings is 2. The zero-order valence-corrected chi connectivity index (χ0v) is 21.4. The van der Waals surface area contributed by atoms with E-state index in [9.17, 15) is 4.79 Å². The third-order valence-corrected chi connectivity index (χ3v) is 6.37. The van der Waals surface area contributed by atoms with Crippen molar-refractivity contribution in [3.8, 4) is 11.3 Å². The van der Waals surface area contributed by atoms with Crippen LogP contribution in [0.1, 0.15) is 25.0 Å². The lowest BCUT2D eigenvalue weighted by atomic mass is 10.1. The lowest BCUT2D eigenvalue weighted by molar-refractivity contribution is -0.147. The molecule has 0 fully saturated rings. The number of nitrogens with zero attached hydrogens (tertiary/aromatic N) is 5. The van der Waals surface area contributed by atoms with Gasteiger partial charge >= 0.3 is 5.97 Å². The summed E-state index contributed by atoms with van der Waals surface area (Å²) in [5, 5.41) is 13.6. The topological polar surface area (TPSA) is 94.8 Å². The number of carbonyl (C=O) groups excluding carboxylic acids is 1. The summed E-state index contributed by atoms with van der Waals surface area (Å²) in [6, 6.07) is 19.9. The van der Waals surface area contributed by atoms with E-state index in [-0.39, 0.29) is 11.9 Å². The highest BCUT2D eigenvalue weighted by atomic mass is 35.5. The molecule has 9 heteroatoms. The summed E-state index contributed by atoms with van der Waals surface area (Å²) in [5.41, 5.74) is 6.16. The molecule has 1 N–H and O–H groups in total. The number of benzene rings is 2. The van der Waals surface area contributed by atoms with E-state index in [0.29, 0.717) is 36.9 Å². The number of halogens is 1. The summed E-state index contributed by atoms with van der Waals surface area (Å²) in [7, 11) is 0. The molecule has 0 aliphatic heterocycles. The standard InChI is InChI=1S/C28H27ClN6O2/c1-18(2)28(36)37-13-12-30-16-22-7-6-21(15-23(22)29)25-9-10-26-27(32-25)35(34-33-26)17-19-5-8-24-20(14-19)4-3-11-31-24/h3-11,14-15,18,30H,12-13,16-17H2,1-2H3. The molecule has 2 aromatic carbocycles. The normalized spacial score (nSPS) is 11.5. The van der Waals surface area contributed by atoms with Crippen LogP contribution in [-0.2, 0) is 22.6 Å². The van der Waals surface area contributed by atoms with E-state index in [4.69, 9.17) is 21.3 Å². The van der Waals surface area contributed by atoms with Crippen LogP contribution < -0.4 is 5.32 Å². The summed E-state index contributed by atoms with van der Waals surface area (Å²) in [4.78, 5) is 20.8. The largest absolute Gasteiger partial charge is 0.464 e. The van der Waals surface area contributed by atoms with Crippen LogP contribution in [0.2, 0.25) is 5.02 Å². The maximum atomic E-state index is 11.5. The Balaban J connectivity index is 1.29. The summed E-state index contributed by atoms with van der Waals surface area (Å²) in [5.74, 6) is -0.319. The van der Waals surface area contributed by atoms with Gasteiger partial charge in [-0.1, -0.05) is 54.9 Å². The van der Waals surface area contributed by atoms with Crippen LogP contribution in [0.25, 0.3) is 33.3 Å². The highest BCUT2D eigenvalue weighted by Crippen LogP contribution is 2.26. The molecule has 5 aromatic rings. The Kier molecular flexibility index (Phi) is 7.39. The molecular formula is C28H27ClN6O2. The number of rotatable bonds is 9. The highest BCUT2D eigenvalue weighted by Gasteiger charge is 2.12. The van der Waals surface area contributed by atoms with Gasteiger partial charge in [-0.05, 0) is 47.5 Å².